The zero-order valence-corrected chi connectivity index (χ0v) is 26.9. The number of ketones is 1. The second kappa shape index (κ2) is 30.0. The molecule has 240 valence electrons. The van der Waals surface area contributed by atoms with Gasteiger partial charge in [0.05, 0.1) is 18.2 Å². The van der Waals surface area contributed by atoms with E-state index in [-0.39, 0.29) is 12.2 Å². The number of Topliss-reactive ketones (excluding diaryl/α,β-unsaturated/α-hetero) is 1. The quantitative estimate of drug-likeness (QED) is 0.0605. The third-order valence-electron chi connectivity index (χ3n) is 8.61. The molecule has 0 bridgehead atoms. The predicted octanol–water partition coefficient (Wildman–Crippen LogP) is 8.93. The van der Waals surface area contributed by atoms with Crippen LogP contribution in [0.5, 0.6) is 0 Å². The van der Waals surface area contributed by atoms with Crippen LogP contribution in [-0.2, 0) is 4.79 Å². The molecule has 0 aromatic heterocycles. The fourth-order valence-electron chi connectivity index (χ4n) is 5.66. The van der Waals surface area contributed by atoms with Crippen LogP contribution in [0, 0.1) is 0 Å². The Labute approximate surface area is 249 Å². The first-order valence-electron chi connectivity index (χ1n) is 17.8. The molecule has 5 heteroatoms. The maximum atomic E-state index is 12.4. The van der Waals surface area contributed by atoms with E-state index in [4.69, 9.17) is 5.73 Å². The van der Waals surface area contributed by atoms with Crippen molar-refractivity contribution in [2.24, 2.45) is 5.73 Å². The molecule has 40 heavy (non-hydrogen) atoms. The maximum Gasteiger partial charge on any atom is 0.162 e. The van der Waals surface area contributed by atoms with Crippen molar-refractivity contribution >= 4 is 5.78 Å². The van der Waals surface area contributed by atoms with Crippen molar-refractivity contribution in [1.29, 1.82) is 0 Å². The molecule has 0 aliphatic rings. The number of aliphatic hydroxyl groups is 3. The zero-order chi connectivity index (χ0) is 29.7. The number of carbonyl (C=O) groups is 1. The summed E-state index contributed by atoms with van der Waals surface area (Å²) in [5.74, 6) is -0.317. The number of rotatable bonds is 32. The van der Waals surface area contributed by atoms with E-state index in [0.29, 0.717) is 6.42 Å². The Balaban J connectivity index is 3.69. The van der Waals surface area contributed by atoms with Crippen LogP contribution in [-0.4, -0.2) is 45.5 Å². The highest BCUT2D eigenvalue weighted by Crippen LogP contribution is 2.17. The van der Waals surface area contributed by atoms with E-state index in [1.807, 2.05) is 0 Å². The maximum absolute atomic E-state index is 12.4. The highest BCUT2D eigenvalue weighted by Gasteiger charge is 2.32. The smallest absolute Gasteiger partial charge is 0.162 e. The van der Waals surface area contributed by atoms with Crippen LogP contribution in [0.1, 0.15) is 194 Å². The van der Waals surface area contributed by atoms with Crippen LogP contribution in [0.3, 0.4) is 0 Å². The van der Waals surface area contributed by atoms with Gasteiger partial charge in [0.25, 0.3) is 0 Å². The van der Waals surface area contributed by atoms with Crippen LogP contribution in [0.25, 0.3) is 0 Å². The summed E-state index contributed by atoms with van der Waals surface area (Å²) in [5.41, 5.74) is 5.97. The normalized spacial score (nSPS) is 14.8. The Morgan fingerprint density at radius 3 is 1.15 bits per heavy atom. The molecule has 0 heterocycles. The number of aliphatic hydroxyl groups excluding tert-OH is 3. The summed E-state index contributed by atoms with van der Waals surface area (Å²) in [6, 6.07) is -1.13. The van der Waals surface area contributed by atoms with Gasteiger partial charge < -0.3 is 21.1 Å². The second-order valence-electron chi connectivity index (χ2n) is 12.6. The molecule has 0 aliphatic heterocycles. The Morgan fingerprint density at radius 1 is 0.500 bits per heavy atom. The molecule has 0 spiro atoms. The predicted molar refractivity (Wildman–Crippen MR) is 172 cm³/mol. The van der Waals surface area contributed by atoms with Crippen LogP contribution < -0.4 is 5.73 Å². The van der Waals surface area contributed by atoms with Crippen molar-refractivity contribution in [2.75, 3.05) is 0 Å². The summed E-state index contributed by atoms with van der Waals surface area (Å²) in [6.07, 6.45) is 29.5. The summed E-state index contributed by atoms with van der Waals surface area (Å²) in [4.78, 5) is 12.4. The number of nitrogens with two attached hydrogens (primary N) is 1. The molecule has 0 aromatic rings. The van der Waals surface area contributed by atoms with Crippen molar-refractivity contribution < 1.29 is 20.1 Å². The van der Waals surface area contributed by atoms with Crippen LogP contribution >= 0.6 is 0 Å². The van der Waals surface area contributed by atoms with E-state index in [1.165, 1.54) is 128 Å². The molecule has 5 N–H and O–H groups in total. The SMILES string of the molecule is CCCCCCCCCCCCCCCCC(=O)C(O)C(N)C(O)C(O)CCCCCCCCCCCCCC. The molecule has 0 rings (SSSR count). The minimum absolute atomic E-state index is 0.286. The van der Waals surface area contributed by atoms with Gasteiger partial charge in [-0.2, -0.15) is 0 Å². The van der Waals surface area contributed by atoms with E-state index in [2.05, 4.69) is 13.8 Å². The Hall–Kier alpha value is -0.490. The van der Waals surface area contributed by atoms with Gasteiger partial charge in [0.15, 0.2) is 5.78 Å². The Kier molecular flexibility index (Phi) is 29.6. The number of hydrogen-bond acceptors (Lipinski definition) is 5. The average Bonchev–Trinajstić information content (AvgIpc) is 2.96. The Morgan fingerprint density at radius 2 is 0.800 bits per heavy atom. The highest BCUT2D eigenvalue weighted by atomic mass is 16.3. The van der Waals surface area contributed by atoms with Gasteiger partial charge in [-0.1, -0.05) is 174 Å². The molecule has 0 amide bonds. The largest absolute Gasteiger partial charge is 0.390 e. The number of carbonyl (C=O) groups excluding carboxylic acids is 1. The van der Waals surface area contributed by atoms with Gasteiger partial charge in [0.1, 0.15) is 6.10 Å². The fraction of sp³-hybridized carbons (Fsp3) is 0.971. The topological polar surface area (TPSA) is 104 Å². The summed E-state index contributed by atoms with van der Waals surface area (Å²) in [7, 11) is 0. The minimum Gasteiger partial charge on any atom is -0.390 e. The lowest BCUT2D eigenvalue weighted by Crippen LogP contribution is -2.52. The number of hydrogen-bond donors (Lipinski definition) is 4. The summed E-state index contributed by atoms with van der Waals surface area (Å²) >= 11 is 0. The molecule has 0 aliphatic carbocycles. The van der Waals surface area contributed by atoms with Crippen molar-refractivity contribution in [3.8, 4) is 0 Å². The molecule has 0 saturated heterocycles. The molecule has 4 unspecified atom stereocenters. The minimum atomic E-state index is -1.41. The van der Waals surface area contributed by atoms with Gasteiger partial charge in [-0.05, 0) is 12.8 Å². The molecule has 0 fully saturated rings. The number of unbranched alkanes of at least 4 members (excludes halogenated alkanes) is 24. The van der Waals surface area contributed by atoms with E-state index in [0.717, 1.165) is 38.5 Å². The molecular weight excluding hydrogens is 498 g/mol. The van der Waals surface area contributed by atoms with Gasteiger partial charge in [0, 0.05) is 6.42 Å². The van der Waals surface area contributed by atoms with Crippen molar-refractivity contribution in [3.63, 3.8) is 0 Å². The van der Waals surface area contributed by atoms with E-state index >= 15 is 0 Å². The molecule has 4 atom stereocenters. The summed E-state index contributed by atoms with van der Waals surface area (Å²) in [5, 5.41) is 31.1. The summed E-state index contributed by atoms with van der Waals surface area (Å²) in [6.45, 7) is 4.51. The van der Waals surface area contributed by atoms with Gasteiger partial charge in [-0.15, -0.1) is 0 Å². The third-order valence-corrected chi connectivity index (χ3v) is 8.61. The first-order chi connectivity index (χ1) is 19.5. The first-order valence-corrected chi connectivity index (χ1v) is 17.8. The van der Waals surface area contributed by atoms with Gasteiger partial charge in [-0.25, -0.2) is 0 Å². The average molecular weight is 570 g/mol. The highest BCUT2D eigenvalue weighted by molar-refractivity contribution is 5.83. The lowest BCUT2D eigenvalue weighted by molar-refractivity contribution is -0.131. The van der Waals surface area contributed by atoms with Crippen LogP contribution in [0.15, 0.2) is 0 Å². The molecule has 0 radical (unpaired) electrons. The van der Waals surface area contributed by atoms with Crippen molar-refractivity contribution in [2.45, 2.75) is 218 Å². The third kappa shape index (κ3) is 24.1. The van der Waals surface area contributed by atoms with E-state index < -0.39 is 24.4 Å². The van der Waals surface area contributed by atoms with Crippen molar-refractivity contribution in [1.82, 2.24) is 0 Å². The monoisotopic (exact) mass is 570 g/mol. The lowest BCUT2D eigenvalue weighted by atomic mass is 9.93. The lowest BCUT2D eigenvalue weighted by Gasteiger charge is -2.27. The first kappa shape index (κ1) is 39.5. The van der Waals surface area contributed by atoms with E-state index in [1.54, 1.807) is 0 Å². The van der Waals surface area contributed by atoms with E-state index in [9.17, 15) is 20.1 Å². The Bertz CT molecular complexity index is 530. The fourth-order valence-corrected chi connectivity index (χ4v) is 5.66. The van der Waals surface area contributed by atoms with Gasteiger partial charge in [-0.3, -0.25) is 4.79 Å². The summed E-state index contributed by atoms with van der Waals surface area (Å²) < 4.78 is 0. The molecule has 5 nitrogen and oxygen atoms in total. The van der Waals surface area contributed by atoms with Gasteiger partial charge in [0.2, 0.25) is 0 Å². The van der Waals surface area contributed by atoms with Crippen molar-refractivity contribution in [3.05, 3.63) is 0 Å². The van der Waals surface area contributed by atoms with Gasteiger partial charge >= 0.3 is 0 Å². The standard InChI is InChI=1S/C35H71NO4/c1-3-5-7-9-11-13-15-17-18-20-22-24-26-28-30-32(38)35(40)33(36)34(39)31(37)29-27-25-23-21-19-16-14-12-10-8-6-4-2/h31,33-35,37,39-40H,3-30,36H2,1-2H3. The second-order valence-corrected chi connectivity index (χ2v) is 12.6. The zero-order valence-electron chi connectivity index (χ0n) is 26.9. The van der Waals surface area contributed by atoms with Crippen LogP contribution in [0.2, 0.25) is 0 Å². The molecular formula is C35H71NO4. The molecule has 0 saturated carbocycles. The molecule has 0 aromatic carbocycles. The van der Waals surface area contributed by atoms with Crippen LogP contribution in [0.4, 0.5) is 0 Å².